The lowest BCUT2D eigenvalue weighted by Crippen LogP contribution is -2.37. The lowest BCUT2D eigenvalue weighted by atomic mass is 10.0. The fraction of sp³-hybridized carbons (Fsp3) is 0.945. The molecule has 0 aliphatic rings. The van der Waals surface area contributed by atoms with E-state index in [-0.39, 0.29) is 25.8 Å². The largest absolute Gasteiger partial charge is 0.472 e. The van der Waals surface area contributed by atoms with Gasteiger partial charge in [0.05, 0.1) is 34.4 Å². The molecular weight excluding hydrogens is 818 g/mol. The minimum atomic E-state index is -4.28. The molecule has 2 unspecified atom stereocenters. The van der Waals surface area contributed by atoms with Gasteiger partial charge in [-0.2, -0.15) is 0 Å². The summed E-state index contributed by atoms with van der Waals surface area (Å²) in [5, 5.41) is 0. The molecule has 64 heavy (non-hydrogen) atoms. The van der Waals surface area contributed by atoms with Gasteiger partial charge < -0.3 is 18.9 Å². The molecule has 0 bridgehead atoms. The highest BCUT2D eigenvalue weighted by Gasteiger charge is 2.26. The van der Waals surface area contributed by atoms with Crippen molar-refractivity contribution in [1.29, 1.82) is 0 Å². The molecule has 0 aromatic carbocycles. The Labute approximate surface area is 399 Å². The summed E-state index contributed by atoms with van der Waals surface area (Å²) in [6.45, 7) is 5.70. The minimum absolute atomic E-state index is 0.0924. The fourth-order valence-corrected chi connectivity index (χ4v) is 9.00. The lowest BCUT2D eigenvalue weighted by molar-refractivity contribution is -0.870. The van der Waals surface area contributed by atoms with Crippen molar-refractivity contribution in [3.63, 3.8) is 0 Å². The molecule has 9 heteroatoms. The van der Waals surface area contributed by atoms with E-state index in [0.717, 1.165) is 32.1 Å². The Morgan fingerprint density at radius 2 is 0.812 bits per heavy atom. The zero-order valence-electron chi connectivity index (χ0n) is 43.6. The summed E-state index contributed by atoms with van der Waals surface area (Å²) in [7, 11) is 1.69. The predicted octanol–water partition coefficient (Wildman–Crippen LogP) is 17.3. The topological polar surface area (TPSA) is 91.3 Å². The maximum Gasteiger partial charge on any atom is 0.472 e. The molecule has 0 heterocycles. The molecule has 0 fully saturated rings. The number of phosphoric acid groups is 1. The number of rotatable bonds is 53. The summed E-state index contributed by atoms with van der Waals surface area (Å²) in [5.41, 5.74) is 0. The number of likely N-dealkylation sites (N-methyl/N-ethyl adjacent to an activating group) is 1. The van der Waals surface area contributed by atoms with Crippen LogP contribution in [-0.4, -0.2) is 75.6 Å². The van der Waals surface area contributed by atoms with Gasteiger partial charge in [0, 0.05) is 13.0 Å². The molecule has 1 N–H and O–H groups in total. The van der Waals surface area contributed by atoms with Gasteiger partial charge in [0.1, 0.15) is 19.3 Å². The van der Waals surface area contributed by atoms with E-state index in [1.165, 1.54) is 225 Å². The molecule has 0 aromatic rings. The number of phosphoric ester groups is 1. The normalized spacial score (nSPS) is 13.5. The van der Waals surface area contributed by atoms with Crippen LogP contribution in [0.25, 0.3) is 0 Å². The molecule has 0 spiro atoms. The van der Waals surface area contributed by atoms with Crippen LogP contribution in [0, 0.1) is 0 Å². The van der Waals surface area contributed by atoms with Crippen molar-refractivity contribution in [2.24, 2.45) is 0 Å². The number of quaternary nitrogens is 1. The van der Waals surface area contributed by atoms with Crippen molar-refractivity contribution in [2.75, 3.05) is 54.1 Å². The van der Waals surface area contributed by atoms with E-state index in [9.17, 15) is 14.3 Å². The average Bonchev–Trinajstić information content (AvgIpc) is 3.25. The Morgan fingerprint density at radius 3 is 1.19 bits per heavy atom. The summed E-state index contributed by atoms with van der Waals surface area (Å²) < 4.78 is 35.2. The van der Waals surface area contributed by atoms with E-state index in [1.807, 2.05) is 21.1 Å². The second kappa shape index (κ2) is 48.7. The van der Waals surface area contributed by atoms with Crippen molar-refractivity contribution >= 4 is 13.8 Å². The molecule has 0 saturated heterocycles. The first kappa shape index (κ1) is 63.2. The third-order valence-corrected chi connectivity index (χ3v) is 13.6. The highest BCUT2D eigenvalue weighted by molar-refractivity contribution is 7.47. The number of nitrogens with zero attached hydrogens (tertiary/aromatic N) is 1. The van der Waals surface area contributed by atoms with Crippen LogP contribution >= 0.6 is 7.82 Å². The highest BCUT2D eigenvalue weighted by Crippen LogP contribution is 2.43. The van der Waals surface area contributed by atoms with E-state index in [4.69, 9.17) is 18.5 Å². The zero-order valence-corrected chi connectivity index (χ0v) is 44.4. The molecule has 8 nitrogen and oxygen atoms in total. The van der Waals surface area contributed by atoms with Crippen molar-refractivity contribution in [2.45, 2.75) is 283 Å². The van der Waals surface area contributed by atoms with Crippen molar-refractivity contribution in [3.05, 3.63) is 12.2 Å². The lowest BCUT2D eigenvalue weighted by Gasteiger charge is -2.24. The maximum atomic E-state index is 12.8. The van der Waals surface area contributed by atoms with Crippen LogP contribution < -0.4 is 0 Å². The first-order valence-electron chi connectivity index (χ1n) is 27.9. The minimum Gasteiger partial charge on any atom is -0.457 e. The molecule has 0 rings (SSSR count). The zero-order chi connectivity index (χ0) is 46.9. The number of hydrogen-bond acceptors (Lipinski definition) is 6. The Kier molecular flexibility index (Phi) is 48.1. The van der Waals surface area contributed by atoms with Gasteiger partial charge in [0.25, 0.3) is 0 Å². The smallest absolute Gasteiger partial charge is 0.457 e. The summed E-state index contributed by atoms with van der Waals surface area (Å²) >= 11 is 0. The number of carbonyl (C=O) groups is 1. The number of carbonyl (C=O) groups excluding carboxylic acids is 1. The molecule has 0 saturated carbocycles. The van der Waals surface area contributed by atoms with Gasteiger partial charge in [-0.05, 0) is 38.5 Å². The monoisotopic (exact) mass is 929 g/mol. The maximum absolute atomic E-state index is 12.8. The van der Waals surface area contributed by atoms with Gasteiger partial charge in [-0.25, -0.2) is 4.57 Å². The highest BCUT2D eigenvalue weighted by atomic mass is 31.2. The van der Waals surface area contributed by atoms with Crippen LogP contribution in [0.3, 0.4) is 0 Å². The molecule has 0 aliphatic carbocycles. The molecule has 2 atom stereocenters. The molecule has 0 aromatic heterocycles. The number of hydrogen-bond donors (Lipinski definition) is 1. The third-order valence-electron chi connectivity index (χ3n) is 12.6. The second-order valence-corrected chi connectivity index (χ2v) is 21.8. The summed E-state index contributed by atoms with van der Waals surface area (Å²) in [5.74, 6) is -0.307. The number of allylic oxidation sites excluding steroid dienone is 2. The Balaban J connectivity index is 4.05. The SMILES string of the molecule is CCCCCCCCCC/C=C\CCCCCCCCCCCCCC(=O)OC(COCCCCCCCCCCCCCCCCCCCCC)COP(=O)(O)OCC[N+](C)(C)C. The van der Waals surface area contributed by atoms with Crippen LogP contribution in [0.15, 0.2) is 12.2 Å². The molecule has 0 amide bonds. The summed E-state index contributed by atoms with van der Waals surface area (Å²) in [4.78, 5) is 23.1. The Morgan fingerprint density at radius 1 is 0.469 bits per heavy atom. The van der Waals surface area contributed by atoms with Crippen molar-refractivity contribution in [3.8, 4) is 0 Å². The van der Waals surface area contributed by atoms with Gasteiger partial charge in [-0.1, -0.05) is 244 Å². The molecule has 0 aliphatic heterocycles. The van der Waals surface area contributed by atoms with E-state index in [2.05, 4.69) is 26.0 Å². The van der Waals surface area contributed by atoms with Gasteiger partial charge in [0.15, 0.2) is 0 Å². The summed E-state index contributed by atoms with van der Waals surface area (Å²) in [6.07, 6.45) is 56.9. The van der Waals surface area contributed by atoms with Crippen LogP contribution in [0.1, 0.15) is 277 Å². The van der Waals surface area contributed by atoms with Crippen molar-refractivity contribution in [1.82, 2.24) is 0 Å². The van der Waals surface area contributed by atoms with Crippen molar-refractivity contribution < 1.29 is 37.3 Å². The van der Waals surface area contributed by atoms with Gasteiger partial charge in [-0.15, -0.1) is 0 Å². The van der Waals surface area contributed by atoms with E-state index < -0.39 is 13.9 Å². The number of ether oxygens (including phenoxy) is 2. The molecular formula is C55H111NO7P+. The van der Waals surface area contributed by atoms with Gasteiger partial charge in [-0.3, -0.25) is 13.8 Å². The van der Waals surface area contributed by atoms with Crippen LogP contribution in [0.5, 0.6) is 0 Å². The average molecular weight is 929 g/mol. The predicted molar refractivity (Wildman–Crippen MR) is 275 cm³/mol. The standard InChI is InChI=1S/C55H110NO7P/c1-6-8-10-12-14-16-18-20-22-24-26-27-28-29-30-32-34-36-38-40-42-44-46-48-55(57)63-54(53-62-64(58,59)61-51-49-56(3,4)5)52-60-50-47-45-43-41-39-37-35-33-31-25-23-21-19-17-15-13-11-9-7-2/h24,26,54H,6-23,25,27-53H2,1-5H3/p+1/b26-24-. The number of unbranched alkanes of at least 4 members (excludes halogenated alkanes) is 37. The first-order valence-corrected chi connectivity index (χ1v) is 29.4. The number of esters is 1. The van der Waals surface area contributed by atoms with Crippen LogP contribution in [0.2, 0.25) is 0 Å². The first-order chi connectivity index (χ1) is 31.1. The Bertz CT molecular complexity index is 1030. The molecule has 382 valence electrons. The Hall–Kier alpha value is -0.760. The second-order valence-electron chi connectivity index (χ2n) is 20.3. The third kappa shape index (κ3) is 52.2. The van der Waals surface area contributed by atoms with E-state index >= 15 is 0 Å². The van der Waals surface area contributed by atoms with Gasteiger partial charge in [0.2, 0.25) is 0 Å². The van der Waals surface area contributed by atoms with E-state index in [0.29, 0.717) is 24.1 Å². The van der Waals surface area contributed by atoms with E-state index in [1.54, 1.807) is 0 Å². The van der Waals surface area contributed by atoms with Crippen LogP contribution in [-0.2, 0) is 27.9 Å². The molecule has 0 radical (unpaired) electrons. The van der Waals surface area contributed by atoms with Gasteiger partial charge >= 0.3 is 13.8 Å². The van der Waals surface area contributed by atoms with Crippen LogP contribution in [0.4, 0.5) is 0 Å². The fourth-order valence-electron chi connectivity index (χ4n) is 8.26. The summed E-state index contributed by atoms with van der Waals surface area (Å²) in [6, 6.07) is 0. The quantitative estimate of drug-likeness (QED) is 0.0214.